The number of hydrogen-bond acceptors (Lipinski definition) is 2. The van der Waals surface area contributed by atoms with Crippen LogP contribution in [0.2, 0.25) is 0 Å². The summed E-state index contributed by atoms with van der Waals surface area (Å²) in [6.07, 6.45) is 7.60. The van der Waals surface area contributed by atoms with E-state index in [-0.39, 0.29) is 0 Å². The molecule has 0 spiro atoms. The van der Waals surface area contributed by atoms with Crippen molar-refractivity contribution >= 4 is 0 Å². The van der Waals surface area contributed by atoms with E-state index in [1.165, 1.54) is 42.6 Å². The van der Waals surface area contributed by atoms with Gasteiger partial charge in [0.25, 0.3) is 0 Å². The first-order valence-corrected chi connectivity index (χ1v) is 7.73. The first kappa shape index (κ1) is 14.6. The van der Waals surface area contributed by atoms with E-state index in [0.717, 1.165) is 24.7 Å². The van der Waals surface area contributed by atoms with Crippen molar-refractivity contribution in [1.29, 1.82) is 0 Å². The van der Waals surface area contributed by atoms with Crippen molar-refractivity contribution in [2.24, 2.45) is 24.6 Å². The van der Waals surface area contributed by atoms with E-state index in [1.54, 1.807) is 0 Å². The molecule has 1 aromatic heterocycles. The number of hydrogen-bond donors (Lipinski definition) is 1. The third-order valence-electron chi connectivity index (χ3n) is 4.97. The van der Waals surface area contributed by atoms with Gasteiger partial charge in [-0.25, -0.2) is 0 Å². The van der Waals surface area contributed by atoms with Gasteiger partial charge in [-0.05, 0) is 56.9 Å². The molecule has 1 fully saturated rings. The summed E-state index contributed by atoms with van der Waals surface area (Å²) in [5, 5.41) is 4.49. The molecule has 0 amide bonds. The summed E-state index contributed by atoms with van der Waals surface area (Å²) in [6.45, 7) is 6.63. The second-order valence-electron chi connectivity index (χ2n) is 6.51. The summed E-state index contributed by atoms with van der Waals surface area (Å²) in [7, 11) is 2.02. The highest BCUT2D eigenvalue weighted by atomic mass is 15.3. The normalized spacial score (nSPS) is 25.5. The van der Waals surface area contributed by atoms with Gasteiger partial charge in [-0.3, -0.25) is 4.68 Å². The molecule has 108 valence electrons. The van der Waals surface area contributed by atoms with Gasteiger partial charge in [0, 0.05) is 18.8 Å². The maximum Gasteiger partial charge on any atom is 0.0628 e. The standard InChI is InChI=1S/C16H29N3/c1-11-6-5-7-14(10-11)16(17)9-8-15-12(2)18-19(4)13(15)3/h11,14,16H,5-10,17H2,1-4H3. The predicted octanol–water partition coefficient (Wildman–Crippen LogP) is 3.12. The molecule has 0 saturated heterocycles. The van der Waals surface area contributed by atoms with Crippen LogP contribution in [0.15, 0.2) is 0 Å². The Bertz CT molecular complexity index is 422. The van der Waals surface area contributed by atoms with E-state index in [0.29, 0.717) is 6.04 Å². The van der Waals surface area contributed by atoms with Crippen LogP contribution in [-0.2, 0) is 13.5 Å². The molecule has 3 heteroatoms. The zero-order chi connectivity index (χ0) is 14.0. The number of nitrogens with zero attached hydrogens (tertiary/aromatic N) is 2. The summed E-state index contributed by atoms with van der Waals surface area (Å²) < 4.78 is 1.98. The molecule has 0 aromatic carbocycles. The highest BCUT2D eigenvalue weighted by Gasteiger charge is 2.24. The largest absolute Gasteiger partial charge is 0.327 e. The lowest BCUT2D eigenvalue weighted by Crippen LogP contribution is -2.33. The highest BCUT2D eigenvalue weighted by Crippen LogP contribution is 2.31. The Morgan fingerprint density at radius 1 is 1.37 bits per heavy atom. The Morgan fingerprint density at radius 2 is 2.11 bits per heavy atom. The number of aryl methyl sites for hydroxylation is 2. The fourth-order valence-electron chi connectivity index (χ4n) is 3.60. The molecular formula is C16H29N3. The van der Waals surface area contributed by atoms with Crippen molar-refractivity contribution in [2.45, 2.75) is 65.3 Å². The van der Waals surface area contributed by atoms with Gasteiger partial charge in [-0.2, -0.15) is 5.10 Å². The van der Waals surface area contributed by atoms with Crippen LogP contribution in [0.4, 0.5) is 0 Å². The first-order chi connectivity index (χ1) is 8.99. The van der Waals surface area contributed by atoms with Crippen molar-refractivity contribution in [3.8, 4) is 0 Å². The maximum absolute atomic E-state index is 6.44. The molecule has 3 unspecified atom stereocenters. The molecule has 19 heavy (non-hydrogen) atoms. The Kier molecular flexibility index (Phi) is 4.67. The zero-order valence-electron chi connectivity index (χ0n) is 12.9. The van der Waals surface area contributed by atoms with Crippen LogP contribution >= 0.6 is 0 Å². The second-order valence-corrected chi connectivity index (χ2v) is 6.51. The Labute approximate surface area is 117 Å². The van der Waals surface area contributed by atoms with E-state index in [2.05, 4.69) is 25.9 Å². The molecule has 3 atom stereocenters. The van der Waals surface area contributed by atoms with Crippen molar-refractivity contribution < 1.29 is 0 Å². The van der Waals surface area contributed by atoms with Gasteiger partial charge >= 0.3 is 0 Å². The Balaban J connectivity index is 1.91. The minimum atomic E-state index is 0.363. The average Bonchev–Trinajstić information content (AvgIpc) is 2.61. The summed E-state index contributed by atoms with van der Waals surface area (Å²) in [5.41, 5.74) is 10.3. The summed E-state index contributed by atoms with van der Waals surface area (Å²) in [4.78, 5) is 0. The fourth-order valence-corrected chi connectivity index (χ4v) is 3.60. The van der Waals surface area contributed by atoms with Gasteiger partial charge in [0.15, 0.2) is 0 Å². The summed E-state index contributed by atoms with van der Waals surface area (Å²) in [6, 6.07) is 0.363. The third kappa shape index (κ3) is 3.38. The van der Waals surface area contributed by atoms with Crippen LogP contribution in [0.5, 0.6) is 0 Å². The zero-order valence-corrected chi connectivity index (χ0v) is 12.9. The minimum absolute atomic E-state index is 0.363. The molecule has 1 aliphatic carbocycles. The summed E-state index contributed by atoms with van der Waals surface area (Å²) in [5.74, 6) is 1.60. The molecular weight excluding hydrogens is 234 g/mol. The van der Waals surface area contributed by atoms with Crippen molar-refractivity contribution in [3.05, 3.63) is 17.0 Å². The Hall–Kier alpha value is -0.830. The van der Waals surface area contributed by atoms with Gasteiger partial charge in [-0.15, -0.1) is 0 Å². The van der Waals surface area contributed by atoms with Crippen molar-refractivity contribution in [1.82, 2.24) is 9.78 Å². The maximum atomic E-state index is 6.44. The van der Waals surface area contributed by atoms with E-state index in [1.807, 2.05) is 11.7 Å². The molecule has 3 nitrogen and oxygen atoms in total. The van der Waals surface area contributed by atoms with E-state index in [9.17, 15) is 0 Å². The van der Waals surface area contributed by atoms with E-state index >= 15 is 0 Å². The molecule has 1 saturated carbocycles. The van der Waals surface area contributed by atoms with Gasteiger partial charge in [-0.1, -0.05) is 19.8 Å². The first-order valence-electron chi connectivity index (χ1n) is 7.73. The van der Waals surface area contributed by atoms with Crippen LogP contribution in [0.25, 0.3) is 0 Å². The molecule has 2 rings (SSSR count). The lowest BCUT2D eigenvalue weighted by molar-refractivity contribution is 0.240. The third-order valence-corrected chi connectivity index (χ3v) is 4.97. The fraction of sp³-hybridized carbons (Fsp3) is 0.812. The van der Waals surface area contributed by atoms with Crippen LogP contribution < -0.4 is 5.73 Å². The van der Waals surface area contributed by atoms with E-state index < -0.39 is 0 Å². The Morgan fingerprint density at radius 3 is 2.68 bits per heavy atom. The smallest absolute Gasteiger partial charge is 0.0628 e. The van der Waals surface area contributed by atoms with Gasteiger partial charge in [0.2, 0.25) is 0 Å². The molecule has 1 aliphatic rings. The monoisotopic (exact) mass is 263 g/mol. The molecule has 0 bridgehead atoms. The SMILES string of the molecule is Cc1nn(C)c(C)c1CCC(N)C1CCCC(C)C1. The lowest BCUT2D eigenvalue weighted by atomic mass is 9.77. The number of rotatable bonds is 4. The predicted molar refractivity (Wildman–Crippen MR) is 80.1 cm³/mol. The quantitative estimate of drug-likeness (QED) is 0.907. The van der Waals surface area contributed by atoms with Crippen LogP contribution in [0.1, 0.15) is 56.0 Å². The van der Waals surface area contributed by atoms with Crippen molar-refractivity contribution in [2.75, 3.05) is 0 Å². The van der Waals surface area contributed by atoms with Crippen molar-refractivity contribution in [3.63, 3.8) is 0 Å². The molecule has 1 heterocycles. The number of aromatic nitrogens is 2. The van der Waals surface area contributed by atoms with Gasteiger partial charge in [0.1, 0.15) is 0 Å². The molecule has 1 aromatic rings. The van der Waals surface area contributed by atoms with Crippen LogP contribution in [0, 0.1) is 25.7 Å². The second kappa shape index (κ2) is 6.08. The summed E-state index contributed by atoms with van der Waals surface area (Å²) >= 11 is 0. The minimum Gasteiger partial charge on any atom is -0.327 e. The molecule has 0 radical (unpaired) electrons. The molecule has 2 N–H and O–H groups in total. The number of nitrogens with two attached hydrogens (primary N) is 1. The van der Waals surface area contributed by atoms with E-state index in [4.69, 9.17) is 5.73 Å². The van der Waals surface area contributed by atoms with Crippen LogP contribution in [-0.4, -0.2) is 15.8 Å². The lowest BCUT2D eigenvalue weighted by Gasteiger charge is -2.31. The topological polar surface area (TPSA) is 43.8 Å². The van der Waals surface area contributed by atoms with Gasteiger partial charge in [0.05, 0.1) is 5.69 Å². The molecule has 0 aliphatic heterocycles. The van der Waals surface area contributed by atoms with Crippen LogP contribution in [0.3, 0.4) is 0 Å². The highest BCUT2D eigenvalue weighted by molar-refractivity contribution is 5.24. The van der Waals surface area contributed by atoms with Gasteiger partial charge < -0.3 is 5.73 Å². The average molecular weight is 263 g/mol.